The van der Waals surface area contributed by atoms with Crippen LogP contribution in [0.1, 0.15) is 107 Å². The second-order valence-corrected chi connectivity index (χ2v) is 19.5. The molecule has 0 saturated heterocycles. The van der Waals surface area contributed by atoms with E-state index >= 15 is 0 Å². The number of nitrogens with zero attached hydrogens (tertiary/aromatic N) is 4. The van der Waals surface area contributed by atoms with Gasteiger partial charge in [0, 0.05) is 40.1 Å². The number of aromatic nitrogens is 2. The number of pyridine rings is 1. The van der Waals surface area contributed by atoms with Gasteiger partial charge in [-0.1, -0.05) is 148 Å². The fourth-order valence-electron chi connectivity index (χ4n) is 11.0. The van der Waals surface area contributed by atoms with Crippen molar-refractivity contribution in [3.63, 3.8) is 0 Å². The summed E-state index contributed by atoms with van der Waals surface area (Å²) in [7, 11) is 0. The topological polar surface area (TPSA) is 42.6 Å². The number of hydrogen-bond donors (Lipinski definition) is 0. The van der Waals surface area contributed by atoms with Gasteiger partial charge in [0.25, 0.3) is 0 Å². The number of rotatable bonds is 7. The van der Waals surface area contributed by atoms with Gasteiger partial charge in [-0.15, -0.1) is 34.4 Å². The molecule has 1 atom stereocenters. The van der Waals surface area contributed by atoms with Crippen LogP contribution in [0, 0.1) is 60.6 Å². The average molecular weight is 1020 g/mol. The third kappa shape index (κ3) is 6.44. The molecule has 64 heavy (non-hydrogen) atoms. The second-order valence-electron chi connectivity index (χ2n) is 19.5. The molecule has 5 nitrogen and oxygen atoms in total. The fraction of sp³-hybridized carbons (Fsp3) is 0.276. The number of fused-ring (bicyclic) bond motifs is 5. The Bertz CT molecular complexity index is 3130. The summed E-state index contributed by atoms with van der Waals surface area (Å²) < 4.78 is 9.40. The van der Waals surface area contributed by atoms with E-state index in [1.807, 2.05) is 6.20 Å². The number of benzene rings is 6. The van der Waals surface area contributed by atoms with Crippen LogP contribution in [0.4, 0.5) is 5.69 Å². The van der Waals surface area contributed by atoms with Crippen LogP contribution >= 0.6 is 0 Å². The van der Waals surface area contributed by atoms with Gasteiger partial charge >= 0.3 is 21.1 Å². The molecular weight excluding hydrogens is 964 g/mol. The van der Waals surface area contributed by atoms with Crippen LogP contribution in [0.5, 0.6) is 11.5 Å². The molecule has 2 aromatic heterocycles. The largest absolute Gasteiger partial charge is 2.00 e. The van der Waals surface area contributed by atoms with E-state index in [1.165, 1.54) is 55.5 Å². The van der Waals surface area contributed by atoms with E-state index < -0.39 is 11.1 Å². The molecule has 0 unspecified atom stereocenters. The maximum atomic E-state index is 7.10. The van der Waals surface area contributed by atoms with E-state index in [9.17, 15) is 0 Å². The second kappa shape index (κ2) is 15.4. The van der Waals surface area contributed by atoms with Crippen LogP contribution in [0.3, 0.4) is 0 Å². The Hall–Kier alpha value is -5.77. The Morgan fingerprint density at radius 3 is 1.84 bits per heavy atom. The molecule has 4 heterocycles. The number of aliphatic imine (C=N–C) groups is 1. The molecule has 0 aliphatic carbocycles. The molecule has 8 aromatic rings. The first-order valence-electron chi connectivity index (χ1n) is 22.3. The smallest absolute Gasteiger partial charge is 0.502 e. The number of anilines is 1. The monoisotopic (exact) mass is 1020 g/mol. The third-order valence-corrected chi connectivity index (χ3v) is 14.4. The van der Waals surface area contributed by atoms with Gasteiger partial charge in [-0.05, 0) is 93.3 Å². The molecule has 0 radical (unpaired) electrons. The summed E-state index contributed by atoms with van der Waals surface area (Å²) in [6.07, 6.45) is 1.96. The molecule has 2 aliphatic rings. The normalized spacial score (nSPS) is 17.1. The zero-order chi connectivity index (χ0) is 44.3. The van der Waals surface area contributed by atoms with Crippen molar-refractivity contribution >= 4 is 33.5 Å². The molecule has 2 aliphatic heterocycles. The Kier molecular flexibility index (Phi) is 10.5. The van der Waals surface area contributed by atoms with Crippen molar-refractivity contribution in [2.24, 2.45) is 4.99 Å². The maximum absolute atomic E-state index is 7.10. The minimum atomic E-state index is -0.621. The van der Waals surface area contributed by atoms with E-state index in [0.29, 0.717) is 11.5 Å². The first-order chi connectivity index (χ1) is 30.0. The summed E-state index contributed by atoms with van der Waals surface area (Å²) in [6, 6.07) is 47.5. The molecule has 6 heteroatoms. The molecule has 0 spiro atoms. The number of hydrogen-bond acceptors (Lipinski definition) is 4. The summed E-state index contributed by atoms with van der Waals surface area (Å²) in [6.45, 7) is 26.9. The van der Waals surface area contributed by atoms with Crippen molar-refractivity contribution in [3.05, 3.63) is 194 Å². The zero-order valence-corrected chi connectivity index (χ0v) is 41.3. The SMILES string of the molecule is Cc1cc(C)c(N2C(c3[c-]c(Oc4[c-]c5c(cc4C)C(C)(C)c4cccc6c7cc(C)cnc7n-5c46)c(C)cc3C)=N[C@](C)(C(c3ccccc3)c3ccccc3)C2(C)C)c(C)c1.[Pt+2]. The molecule has 0 amide bonds. The van der Waals surface area contributed by atoms with Gasteiger partial charge in [-0.2, -0.15) is 6.07 Å². The fourth-order valence-corrected chi connectivity index (χ4v) is 11.0. The van der Waals surface area contributed by atoms with Crippen LogP contribution < -0.4 is 9.64 Å². The summed E-state index contributed by atoms with van der Waals surface area (Å²) in [5, 5.41) is 2.36. The van der Waals surface area contributed by atoms with Gasteiger partial charge in [0.2, 0.25) is 0 Å². The summed E-state index contributed by atoms with van der Waals surface area (Å²) in [5.74, 6) is 2.19. The predicted molar refractivity (Wildman–Crippen MR) is 261 cm³/mol. The van der Waals surface area contributed by atoms with Gasteiger partial charge in [-0.3, -0.25) is 0 Å². The standard InChI is InChI=1S/C58H56N4O.Pt/c1-34-26-39(6)52(40(7)27-34)62-55(60-58(12,57(62,10)11)51(41-20-15-13-16-21-41)42-22-17-14-18-23-42)44-31-49(37(4)29-36(44)3)63-50-32-48-47(30-38(50)5)56(8,9)46-25-19-24-43-45-28-35(2)33-59-54(45)61(48)53(43)46;/h13-30,33,51H,1-12H3;/q-2;+2/t58-;/m1./s1. The van der Waals surface area contributed by atoms with Crippen LogP contribution in [0.15, 0.2) is 120 Å². The summed E-state index contributed by atoms with van der Waals surface area (Å²) in [5.41, 5.74) is 16.7. The summed E-state index contributed by atoms with van der Waals surface area (Å²) >= 11 is 0. The molecule has 6 aromatic carbocycles. The average Bonchev–Trinajstić information content (AvgIpc) is 3.66. The number of amidine groups is 1. The van der Waals surface area contributed by atoms with E-state index in [0.717, 1.165) is 50.4 Å². The van der Waals surface area contributed by atoms with Crippen LogP contribution in [0.2, 0.25) is 0 Å². The minimum Gasteiger partial charge on any atom is -0.502 e. The summed E-state index contributed by atoms with van der Waals surface area (Å²) in [4.78, 5) is 13.5. The van der Waals surface area contributed by atoms with E-state index in [4.69, 9.17) is 14.7 Å². The molecule has 0 N–H and O–H groups in total. The molecule has 0 bridgehead atoms. The van der Waals surface area contributed by atoms with Crippen molar-refractivity contribution in [1.82, 2.24) is 9.55 Å². The number of ether oxygens (including phenoxy) is 1. The molecule has 0 saturated carbocycles. The molecule has 324 valence electrons. The Balaban J connectivity index is 0.00000518. The van der Waals surface area contributed by atoms with Gasteiger partial charge in [0.1, 0.15) is 5.65 Å². The van der Waals surface area contributed by atoms with Gasteiger partial charge in [0.15, 0.2) is 0 Å². The van der Waals surface area contributed by atoms with Crippen molar-refractivity contribution in [1.29, 1.82) is 0 Å². The van der Waals surface area contributed by atoms with Crippen LogP contribution in [0.25, 0.3) is 27.6 Å². The molecular formula is C58H56N4OPt. The van der Waals surface area contributed by atoms with Gasteiger partial charge < -0.3 is 19.2 Å². The van der Waals surface area contributed by atoms with E-state index in [2.05, 4.69) is 214 Å². The Morgan fingerprint density at radius 1 is 0.594 bits per heavy atom. The van der Waals surface area contributed by atoms with Crippen LogP contribution in [-0.4, -0.2) is 26.5 Å². The van der Waals surface area contributed by atoms with E-state index in [1.54, 1.807) is 0 Å². The quantitative estimate of drug-likeness (QED) is 0.149. The van der Waals surface area contributed by atoms with Gasteiger partial charge in [-0.25, -0.2) is 4.98 Å². The molecule has 0 fully saturated rings. The van der Waals surface area contributed by atoms with Crippen molar-refractivity contribution in [3.8, 4) is 17.2 Å². The van der Waals surface area contributed by atoms with Crippen LogP contribution in [-0.2, 0) is 26.5 Å². The first-order valence-corrected chi connectivity index (χ1v) is 22.3. The Morgan fingerprint density at radius 2 is 1.20 bits per heavy atom. The number of para-hydroxylation sites is 1. The zero-order valence-electron chi connectivity index (χ0n) is 39.1. The predicted octanol–water partition coefficient (Wildman–Crippen LogP) is 14.0. The minimum absolute atomic E-state index is 0. The first kappa shape index (κ1) is 43.5. The van der Waals surface area contributed by atoms with Gasteiger partial charge in [0.05, 0.1) is 22.4 Å². The maximum Gasteiger partial charge on any atom is 2.00 e. The third-order valence-electron chi connectivity index (χ3n) is 14.4. The van der Waals surface area contributed by atoms with Crippen molar-refractivity contribution in [2.75, 3.05) is 4.90 Å². The Labute approximate surface area is 393 Å². The van der Waals surface area contributed by atoms with E-state index in [-0.39, 0.29) is 32.4 Å². The van der Waals surface area contributed by atoms with Crippen molar-refractivity contribution < 1.29 is 25.8 Å². The number of aryl methyl sites for hydroxylation is 7. The van der Waals surface area contributed by atoms with Crippen molar-refractivity contribution in [2.45, 2.75) is 105 Å². The molecule has 10 rings (SSSR count).